The highest BCUT2D eigenvalue weighted by Gasteiger charge is 2.29. The first-order valence-electron chi connectivity index (χ1n) is 5.84. The van der Waals surface area contributed by atoms with Gasteiger partial charge in [-0.3, -0.25) is 0 Å². The van der Waals surface area contributed by atoms with Gasteiger partial charge in [0.15, 0.2) is 11.5 Å². The van der Waals surface area contributed by atoms with Crippen molar-refractivity contribution in [3.05, 3.63) is 48.7 Å². The van der Waals surface area contributed by atoms with Crippen LogP contribution >= 0.6 is 12.4 Å². The molecule has 20 heavy (non-hydrogen) atoms. The van der Waals surface area contributed by atoms with E-state index in [1.165, 1.54) is 0 Å². The largest absolute Gasteiger partial charge is 0.485 e. The summed E-state index contributed by atoms with van der Waals surface area (Å²) in [5.74, 6) is 0.893. The third kappa shape index (κ3) is 3.00. The van der Waals surface area contributed by atoms with Gasteiger partial charge in [-0.2, -0.15) is 0 Å². The van der Waals surface area contributed by atoms with E-state index in [-0.39, 0.29) is 24.9 Å². The summed E-state index contributed by atoms with van der Waals surface area (Å²) in [5.41, 5.74) is 0. The molecule has 0 aliphatic carbocycles. The maximum Gasteiger partial charge on any atom is 0.357 e. The summed E-state index contributed by atoms with van der Waals surface area (Å²) >= 11 is 0. The number of carbonyl (C=O) groups excluding carboxylic acids is 1. The maximum absolute atomic E-state index is 11.9. The van der Waals surface area contributed by atoms with Crippen molar-refractivity contribution < 1.29 is 19.0 Å². The van der Waals surface area contributed by atoms with Gasteiger partial charge in [0.05, 0.1) is 0 Å². The third-order valence-corrected chi connectivity index (χ3v) is 2.61. The fraction of sp³-hybridized carbons (Fsp3) is 0.143. The van der Waals surface area contributed by atoms with Gasteiger partial charge in [-0.1, -0.05) is 18.2 Å². The molecule has 5 nitrogen and oxygen atoms in total. The topological polar surface area (TPSA) is 57.7 Å². The van der Waals surface area contributed by atoms with E-state index in [0.29, 0.717) is 11.5 Å². The zero-order chi connectivity index (χ0) is 13.1. The molecule has 0 saturated carbocycles. The molecule has 2 heterocycles. The van der Waals surface area contributed by atoms with Gasteiger partial charge in [-0.25, -0.2) is 9.78 Å². The number of hydrogen-bond donors (Lipinski definition) is 0. The number of fused-ring (bicyclic) bond motifs is 1. The third-order valence-electron chi connectivity index (χ3n) is 2.61. The molecule has 0 spiro atoms. The van der Waals surface area contributed by atoms with Gasteiger partial charge in [0, 0.05) is 12.3 Å². The van der Waals surface area contributed by atoms with E-state index in [2.05, 4.69) is 4.98 Å². The highest BCUT2D eigenvalue weighted by atomic mass is 35.5. The minimum Gasteiger partial charge on any atom is -0.485 e. The van der Waals surface area contributed by atoms with Crippen LogP contribution in [-0.2, 0) is 4.79 Å². The second-order valence-electron chi connectivity index (χ2n) is 3.95. The molecule has 0 radical (unpaired) electrons. The molecule has 1 aliphatic rings. The lowest BCUT2D eigenvalue weighted by Crippen LogP contribution is -2.39. The second kappa shape index (κ2) is 6.25. The van der Waals surface area contributed by atoms with Gasteiger partial charge in [0.25, 0.3) is 0 Å². The summed E-state index contributed by atoms with van der Waals surface area (Å²) in [4.78, 5) is 15.8. The Morgan fingerprint density at radius 1 is 1.15 bits per heavy atom. The van der Waals surface area contributed by atoms with Crippen LogP contribution in [0.1, 0.15) is 0 Å². The van der Waals surface area contributed by atoms with E-state index in [9.17, 15) is 4.79 Å². The number of hydrogen-bond acceptors (Lipinski definition) is 5. The Morgan fingerprint density at radius 2 is 1.90 bits per heavy atom. The van der Waals surface area contributed by atoms with E-state index >= 15 is 0 Å². The molecule has 1 aromatic carbocycles. The molecule has 6 heteroatoms. The molecule has 1 aliphatic heterocycles. The predicted molar refractivity (Wildman–Crippen MR) is 73.5 cm³/mol. The van der Waals surface area contributed by atoms with E-state index < -0.39 is 12.1 Å². The molecule has 0 bridgehead atoms. The predicted octanol–water partition coefficient (Wildman–Crippen LogP) is 2.25. The Morgan fingerprint density at radius 3 is 2.65 bits per heavy atom. The van der Waals surface area contributed by atoms with E-state index in [1.807, 2.05) is 12.1 Å². The number of ether oxygens (including phenoxy) is 3. The van der Waals surface area contributed by atoms with Crippen LogP contribution in [0.3, 0.4) is 0 Å². The number of pyridine rings is 1. The quantitative estimate of drug-likeness (QED) is 0.795. The van der Waals surface area contributed by atoms with Crippen molar-refractivity contribution in [2.45, 2.75) is 6.10 Å². The molecule has 0 amide bonds. The second-order valence-corrected chi connectivity index (χ2v) is 3.95. The van der Waals surface area contributed by atoms with Crippen LogP contribution < -0.4 is 14.2 Å². The van der Waals surface area contributed by atoms with Gasteiger partial charge in [-0.05, 0) is 18.2 Å². The summed E-state index contributed by atoms with van der Waals surface area (Å²) in [6.07, 6.45) is 0.771. The van der Waals surface area contributed by atoms with Crippen molar-refractivity contribution in [3.63, 3.8) is 0 Å². The minimum atomic E-state index is -0.781. The van der Waals surface area contributed by atoms with Crippen molar-refractivity contribution in [2.75, 3.05) is 6.61 Å². The Labute approximate surface area is 121 Å². The number of aromatic nitrogens is 1. The molecule has 0 N–H and O–H groups in total. The summed E-state index contributed by atoms with van der Waals surface area (Å²) in [6.45, 7) is 0.128. The number of carbonyl (C=O) groups is 1. The van der Waals surface area contributed by atoms with E-state index in [0.717, 1.165) is 0 Å². The van der Waals surface area contributed by atoms with E-state index in [1.54, 1.807) is 36.5 Å². The standard InChI is InChI=1S/C14H11NO4.ClH/c16-14(19-13-7-3-4-8-15-13)12-9-17-10-5-1-2-6-11(10)18-12;/h1-8,12H,9H2;1H. The Bertz CT molecular complexity index is 591. The van der Waals surface area contributed by atoms with Crippen molar-refractivity contribution in [2.24, 2.45) is 0 Å². The Balaban J connectivity index is 0.00000147. The minimum absolute atomic E-state index is 0. The Hall–Kier alpha value is -2.27. The summed E-state index contributed by atoms with van der Waals surface area (Å²) in [6, 6.07) is 12.3. The van der Waals surface area contributed by atoms with Gasteiger partial charge in [-0.15, -0.1) is 12.4 Å². The van der Waals surface area contributed by atoms with E-state index in [4.69, 9.17) is 14.2 Å². The molecule has 2 aromatic rings. The average molecular weight is 294 g/mol. The van der Waals surface area contributed by atoms with Crippen molar-refractivity contribution in [3.8, 4) is 17.4 Å². The van der Waals surface area contributed by atoms with Crippen LogP contribution in [0, 0.1) is 0 Å². The lowest BCUT2D eigenvalue weighted by atomic mass is 10.2. The fourth-order valence-corrected chi connectivity index (χ4v) is 1.71. The molecule has 0 fully saturated rings. The van der Waals surface area contributed by atoms with Crippen molar-refractivity contribution in [1.82, 2.24) is 4.98 Å². The molecule has 1 atom stereocenters. The van der Waals surface area contributed by atoms with Crippen LogP contribution in [0.5, 0.6) is 17.4 Å². The SMILES string of the molecule is Cl.O=C(Oc1ccccn1)C1COc2ccccc2O1. The van der Waals surface area contributed by atoms with Gasteiger partial charge in [0.2, 0.25) is 12.0 Å². The zero-order valence-corrected chi connectivity index (χ0v) is 11.2. The summed E-state index contributed by atoms with van der Waals surface area (Å²) in [5, 5.41) is 0. The number of para-hydroxylation sites is 2. The smallest absolute Gasteiger partial charge is 0.357 e. The average Bonchev–Trinajstić information content (AvgIpc) is 2.48. The molecular formula is C14H12ClNO4. The molecule has 1 unspecified atom stereocenters. The maximum atomic E-state index is 11.9. The summed E-state index contributed by atoms with van der Waals surface area (Å²) in [7, 11) is 0. The number of nitrogens with zero attached hydrogens (tertiary/aromatic N) is 1. The number of esters is 1. The molecule has 1 aromatic heterocycles. The Kier molecular flexibility index (Phi) is 4.42. The zero-order valence-electron chi connectivity index (χ0n) is 10.4. The molecule has 104 valence electrons. The first-order valence-corrected chi connectivity index (χ1v) is 5.84. The first-order chi connectivity index (χ1) is 9.33. The highest BCUT2D eigenvalue weighted by molar-refractivity contribution is 5.85. The van der Waals surface area contributed by atoms with Crippen molar-refractivity contribution >= 4 is 18.4 Å². The summed E-state index contributed by atoms with van der Waals surface area (Å²) < 4.78 is 16.1. The lowest BCUT2D eigenvalue weighted by molar-refractivity contribution is -0.145. The lowest BCUT2D eigenvalue weighted by Gasteiger charge is -2.24. The highest BCUT2D eigenvalue weighted by Crippen LogP contribution is 2.31. The molecule has 0 saturated heterocycles. The molecule has 3 rings (SSSR count). The fourth-order valence-electron chi connectivity index (χ4n) is 1.71. The van der Waals surface area contributed by atoms with Gasteiger partial charge >= 0.3 is 5.97 Å². The van der Waals surface area contributed by atoms with Crippen LogP contribution in [0.4, 0.5) is 0 Å². The number of rotatable bonds is 2. The van der Waals surface area contributed by atoms with Crippen LogP contribution in [0.2, 0.25) is 0 Å². The van der Waals surface area contributed by atoms with Crippen LogP contribution in [-0.4, -0.2) is 23.7 Å². The van der Waals surface area contributed by atoms with Gasteiger partial charge < -0.3 is 14.2 Å². The first kappa shape index (κ1) is 14.1. The molecular weight excluding hydrogens is 282 g/mol. The number of benzene rings is 1. The normalized spacial score (nSPS) is 15.9. The van der Waals surface area contributed by atoms with Crippen LogP contribution in [0.15, 0.2) is 48.7 Å². The number of halogens is 1. The monoisotopic (exact) mass is 293 g/mol. The van der Waals surface area contributed by atoms with Crippen LogP contribution in [0.25, 0.3) is 0 Å². The van der Waals surface area contributed by atoms with Gasteiger partial charge in [0.1, 0.15) is 6.61 Å². The van der Waals surface area contributed by atoms with Crippen molar-refractivity contribution in [1.29, 1.82) is 0 Å².